The number of hydrogen-bond acceptors (Lipinski definition) is 8. The summed E-state index contributed by atoms with van der Waals surface area (Å²) < 4.78 is 0. The van der Waals surface area contributed by atoms with Gasteiger partial charge in [-0.05, 0) is 54.9 Å². The van der Waals surface area contributed by atoms with Gasteiger partial charge in [0, 0.05) is 31.7 Å². The van der Waals surface area contributed by atoms with Crippen molar-refractivity contribution in [2.75, 3.05) is 6.54 Å². The fourth-order valence-electron chi connectivity index (χ4n) is 7.22. The predicted octanol–water partition coefficient (Wildman–Crippen LogP) is 4.83. The quantitative estimate of drug-likeness (QED) is 0.102. The summed E-state index contributed by atoms with van der Waals surface area (Å²) in [4.78, 5) is 58.4. The lowest BCUT2D eigenvalue weighted by Crippen LogP contribution is -2.58. The molecule has 1 fully saturated rings. The van der Waals surface area contributed by atoms with Gasteiger partial charge in [-0.2, -0.15) is 0 Å². The summed E-state index contributed by atoms with van der Waals surface area (Å²) in [6.07, 6.45) is 5.67. The van der Waals surface area contributed by atoms with Gasteiger partial charge in [0.05, 0.1) is 34.9 Å². The summed E-state index contributed by atoms with van der Waals surface area (Å²) in [5, 5.41) is 38.3. The first-order valence-electron chi connectivity index (χ1n) is 19.1. The Hall–Kier alpha value is -3.87. The molecule has 4 amide bonds. The molecule has 1 heterocycles. The average molecular weight is 750 g/mol. The lowest BCUT2D eigenvalue weighted by atomic mass is 9.80. The Bertz CT molecular complexity index is 1630. The van der Waals surface area contributed by atoms with Gasteiger partial charge in [-0.1, -0.05) is 94.8 Å². The SMILES string of the molecule is CCC(C)CNC(=O)C(CC(O)C(CC1CCCCC1)NC(=O)C(Cc1cscn1)NC(=O)C(Cc1cccc2ccccc12)NC(C)=O)C(C)(C)O. The van der Waals surface area contributed by atoms with Crippen LogP contribution in [0.15, 0.2) is 53.4 Å². The van der Waals surface area contributed by atoms with Crippen molar-refractivity contribution < 1.29 is 29.4 Å². The van der Waals surface area contributed by atoms with E-state index < -0.39 is 47.6 Å². The molecule has 11 nitrogen and oxygen atoms in total. The van der Waals surface area contributed by atoms with Crippen molar-refractivity contribution >= 4 is 45.7 Å². The first kappa shape index (κ1) is 41.9. The topological polar surface area (TPSA) is 170 Å². The van der Waals surface area contributed by atoms with Gasteiger partial charge in [-0.3, -0.25) is 19.2 Å². The summed E-state index contributed by atoms with van der Waals surface area (Å²) in [6, 6.07) is 10.9. The molecular formula is C41H59N5O6S. The van der Waals surface area contributed by atoms with Crippen LogP contribution in [0, 0.1) is 17.8 Å². The maximum Gasteiger partial charge on any atom is 0.243 e. The Morgan fingerprint density at radius 2 is 1.60 bits per heavy atom. The largest absolute Gasteiger partial charge is 0.391 e. The van der Waals surface area contributed by atoms with Crippen LogP contribution in [-0.4, -0.2) is 75.2 Å². The smallest absolute Gasteiger partial charge is 0.243 e. The van der Waals surface area contributed by atoms with E-state index in [2.05, 4.69) is 26.3 Å². The van der Waals surface area contributed by atoms with E-state index >= 15 is 0 Å². The van der Waals surface area contributed by atoms with Gasteiger partial charge < -0.3 is 31.5 Å². The number of aliphatic hydroxyl groups excluding tert-OH is 1. The van der Waals surface area contributed by atoms with E-state index in [1.54, 1.807) is 19.4 Å². The zero-order valence-electron chi connectivity index (χ0n) is 31.9. The molecule has 0 spiro atoms. The Morgan fingerprint density at radius 3 is 2.26 bits per heavy atom. The molecule has 1 aromatic heterocycles. The highest BCUT2D eigenvalue weighted by Gasteiger charge is 2.39. The van der Waals surface area contributed by atoms with Gasteiger partial charge in [0.2, 0.25) is 23.6 Å². The molecule has 1 aliphatic rings. The molecule has 2 aromatic carbocycles. The first-order chi connectivity index (χ1) is 25.2. The minimum atomic E-state index is -1.43. The number of thiazole rings is 1. The predicted molar refractivity (Wildman–Crippen MR) is 209 cm³/mol. The summed E-state index contributed by atoms with van der Waals surface area (Å²) in [6.45, 7) is 9.01. The Kier molecular flexibility index (Phi) is 15.8. The molecule has 290 valence electrons. The van der Waals surface area contributed by atoms with Crippen molar-refractivity contribution in [3.05, 3.63) is 64.6 Å². The molecule has 12 heteroatoms. The third kappa shape index (κ3) is 12.9. The van der Waals surface area contributed by atoms with Crippen LogP contribution in [0.3, 0.4) is 0 Å². The Balaban J connectivity index is 1.58. The number of aliphatic hydroxyl groups is 2. The molecule has 0 bridgehead atoms. The van der Waals surface area contributed by atoms with Crippen LogP contribution in [-0.2, 0) is 32.0 Å². The number of hydrogen-bond donors (Lipinski definition) is 6. The molecule has 6 atom stereocenters. The van der Waals surface area contributed by atoms with Crippen LogP contribution in [0.25, 0.3) is 10.8 Å². The highest BCUT2D eigenvalue weighted by molar-refractivity contribution is 7.07. The van der Waals surface area contributed by atoms with Crippen LogP contribution in [0.5, 0.6) is 0 Å². The third-order valence-electron chi connectivity index (χ3n) is 10.6. The summed E-state index contributed by atoms with van der Waals surface area (Å²) in [7, 11) is 0. The summed E-state index contributed by atoms with van der Waals surface area (Å²) in [5.41, 5.74) is 1.72. The standard InChI is InChI=1S/C41H59N5O6S/c1-6-26(2)23-42-38(49)33(41(4,5)52)22-37(48)34(19-28-13-8-7-9-14-28)45-40(51)36(21-31-24-53-25-43-31)46-39(50)35(44-27(3)47)20-30-17-12-16-29-15-10-11-18-32(29)30/h10-12,15-18,24-26,28,33-37,48,52H,6-9,13-14,19-23H2,1-5H3,(H,42,49)(H,44,47)(H,45,51)(H,46,50). The van der Waals surface area contributed by atoms with Gasteiger partial charge in [0.25, 0.3) is 0 Å². The molecule has 6 N–H and O–H groups in total. The molecule has 3 aromatic rings. The summed E-state index contributed by atoms with van der Waals surface area (Å²) in [5.74, 6) is -2.15. The monoisotopic (exact) mass is 749 g/mol. The molecule has 53 heavy (non-hydrogen) atoms. The fraction of sp³-hybridized carbons (Fsp3) is 0.585. The van der Waals surface area contributed by atoms with Crippen LogP contribution in [0.2, 0.25) is 0 Å². The number of aromatic nitrogens is 1. The van der Waals surface area contributed by atoms with Crippen molar-refractivity contribution in [3.63, 3.8) is 0 Å². The van der Waals surface area contributed by atoms with Crippen molar-refractivity contribution in [3.8, 4) is 0 Å². The van der Waals surface area contributed by atoms with E-state index in [0.717, 1.165) is 54.9 Å². The van der Waals surface area contributed by atoms with Gasteiger partial charge in [-0.25, -0.2) is 4.98 Å². The van der Waals surface area contributed by atoms with Crippen molar-refractivity contribution in [1.29, 1.82) is 0 Å². The molecule has 1 aliphatic carbocycles. The normalized spacial score (nSPS) is 17.2. The van der Waals surface area contributed by atoms with E-state index in [1.807, 2.05) is 61.7 Å². The van der Waals surface area contributed by atoms with Crippen LogP contribution >= 0.6 is 11.3 Å². The van der Waals surface area contributed by atoms with Crippen molar-refractivity contribution in [2.45, 2.75) is 129 Å². The van der Waals surface area contributed by atoms with Gasteiger partial charge in [-0.15, -0.1) is 11.3 Å². The van der Waals surface area contributed by atoms with E-state index in [1.165, 1.54) is 18.3 Å². The van der Waals surface area contributed by atoms with Gasteiger partial charge in [0.15, 0.2) is 0 Å². The number of rotatable bonds is 19. The maximum atomic E-state index is 14.3. The van der Waals surface area contributed by atoms with Crippen LogP contribution < -0.4 is 21.3 Å². The number of nitrogens with zero attached hydrogens (tertiary/aromatic N) is 1. The molecule has 0 radical (unpaired) electrons. The fourth-order valence-corrected chi connectivity index (χ4v) is 7.79. The zero-order chi connectivity index (χ0) is 38.5. The number of amides is 4. The van der Waals surface area contributed by atoms with E-state index in [0.29, 0.717) is 18.7 Å². The molecule has 6 unspecified atom stereocenters. The minimum Gasteiger partial charge on any atom is -0.391 e. The van der Waals surface area contributed by atoms with Gasteiger partial charge in [0.1, 0.15) is 12.1 Å². The maximum absolute atomic E-state index is 14.3. The lowest BCUT2D eigenvalue weighted by molar-refractivity contribution is -0.135. The Labute approximate surface area is 318 Å². The van der Waals surface area contributed by atoms with Gasteiger partial charge >= 0.3 is 0 Å². The van der Waals surface area contributed by atoms with Crippen molar-refractivity contribution in [2.24, 2.45) is 17.8 Å². The second-order valence-corrected chi connectivity index (χ2v) is 16.2. The second kappa shape index (κ2) is 20.0. The van der Waals surface area contributed by atoms with E-state index in [9.17, 15) is 29.4 Å². The molecular weight excluding hydrogens is 691 g/mol. The highest BCUT2D eigenvalue weighted by Crippen LogP contribution is 2.30. The third-order valence-corrected chi connectivity index (χ3v) is 11.2. The molecule has 1 saturated carbocycles. The Morgan fingerprint density at radius 1 is 0.925 bits per heavy atom. The number of nitrogens with one attached hydrogen (secondary N) is 4. The van der Waals surface area contributed by atoms with E-state index in [4.69, 9.17) is 0 Å². The first-order valence-corrected chi connectivity index (χ1v) is 20.1. The molecule has 0 saturated heterocycles. The molecule has 0 aliphatic heterocycles. The van der Waals surface area contributed by atoms with E-state index in [-0.39, 0.29) is 42.9 Å². The number of fused-ring (bicyclic) bond motifs is 1. The van der Waals surface area contributed by atoms with Crippen LogP contribution in [0.4, 0.5) is 0 Å². The lowest BCUT2D eigenvalue weighted by Gasteiger charge is -2.35. The highest BCUT2D eigenvalue weighted by atomic mass is 32.1. The minimum absolute atomic E-state index is 0.0632. The average Bonchev–Trinajstić information content (AvgIpc) is 3.64. The number of benzene rings is 2. The summed E-state index contributed by atoms with van der Waals surface area (Å²) >= 11 is 1.38. The zero-order valence-corrected chi connectivity index (χ0v) is 32.7. The number of carbonyl (C=O) groups excluding carboxylic acids is 4. The second-order valence-electron chi connectivity index (χ2n) is 15.5. The molecule has 4 rings (SSSR count). The van der Waals surface area contributed by atoms with Crippen molar-refractivity contribution in [1.82, 2.24) is 26.3 Å². The number of carbonyl (C=O) groups is 4. The van der Waals surface area contributed by atoms with Crippen LogP contribution in [0.1, 0.15) is 97.2 Å².